The quantitative estimate of drug-likeness (QED) is 0.808. The second kappa shape index (κ2) is 5.60. The number of ether oxygens (including phenoxy) is 1. The van der Waals surface area contributed by atoms with Gasteiger partial charge in [-0.15, -0.1) is 0 Å². The lowest BCUT2D eigenvalue weighted by Crippen LogP contribution is -2.09. The molecule has 3 N–H and O–H groups in total. The first kappa shape index (κ1) is 13.2. The summed E-state index contributed by atoms with van der Waals surface area (Å²) < 4.78 is 20.6. The molecule has 0 saturated heterocycles. The lowest BCUT2D eigenvalue weighted by molar-refractivity contribution is 0.416. The molecular formula is C13H17FN4O. The SMILES string of the molecule is COc1cc(NCCc2ccnn2C)c(F)cc1N. The fourth-order valence-electron chi connectivity index (χ4n) is 1.85. The van der Waals surface area contributed by atoms with Crippen LogP contribution in [-0.4, -0.2) is 23.4 Å². The molecule has 6 heteroatoms. The van der Waals surface area contributed by atoms with Gasteiger partial charge in [-0.25, -0.2) is 4.39 Å². The zero-order valence-electron chi connectivity index (χ0n) is 11.0. The van der Waals surface area contributed by atoms with E-state index < -0.39 is 0 Å². The third-order valence-corrected chi connectivity index (χ3v) is 2.94. The first-order valence-electron chi connectivity index (χ1n) is 5.95. The molecule has 0 amide bonds. The van der Waals surface area contributed by atoms with Crippen LogP contribution in [0.15, 0.2) is 24.4 Å². The van der Waals surface area contributed by atoms with Gasteiger partial charge in [0.25, 0.3) is 0 Å². The number of methoxy groups -OCH3 is 1. The first-order valence-corrected chi connectivity index (χ1v) is 5.95. The Balaban J connectivity index is 2.01. The standard InChI is InChI=1S/C13H17FN4O/c1-18-9(4-6-17-18)3-5-16-12-8-13(19-2)11(15)7-10(12)14/h4,6-8,16H,3,5,15H2,1-2H3. The van der Waals surface area contributed by atoms with Crippen LogP contribution in [0.1, 0.15) is 5.69 Å². The number of benzene rings is 1. The zero-order valence-corrected chi connectivity index (χ0v) is 11.0. The van der Waals surface area contributed by atoms with E-state index in [1.165, 1.54) is 13.2 Å². The van der Waals surface area contributed by atoms with E-state index in [4.69, 9.17) is 10.5 Å². The monoisotopic (exact) mass is 264 g/mol. The van der Waals surface area contributed by atoms with E-state index in [9.17, 15) is 4.39 Å². The number of aryl methyl sites for hydroxylation is 1. The summed E-state index contributed by atoms with van der Waals surface area (Å²) in [5.41, 5.74) is 7.37. The molecule has 0 aliphatic heterocycles. The van der Waals surface area contributed by atoms with Gasteiger partial charge in [0.05, 0.1) is 18.5 Å². The van der Waals surface area contributed by atoms with Gasteiger partial charge in [-0.2, -0.15) is 5.10 Å². The summed E-state index contributed by atoms with van der Waals surface area (Å²) in [6, 6.07) is 4.75. The average molecular weight is 264 g/mol. The third-order valence-electron chi connectivity index (χ3n) is 2.94. The van der Waals surface area contributed by atoms with Gasteiger partial charge in [-0.05, 0) is 6.07 Å². The molecular weight excluding hydrogens is 247 g/mol. The molecule has 0 saturated carbocycles. The Morgan fingerprint density at radius 1 is 1.47 bits per heavy atom. The second-order valence-corrected chi connectivity index (χ2v) is 4.20. The number of rotatable bonds is 5. The number of nitrogens with zero attached hydrogens (tertiary/aromatic N) is 2. The van der Waals surface area contributed by atoms with Crippen LogP contribution in [0, 0.1) is 5.82 Å². The molecule has 1 aromatic carbocycles. The Hall–Kier alpha value is -2.24. The van der Waals surface area contributed by atoms with Crippen molar-refractivity contribution in [2.24, 2.45) is 7.05 Å². The number of anilines is 2. The maximum absolute atomic E-state index is 13.7. The summed E-state index contributed by atoms with van der Waals surface area (Å²) in [6.07, 6.45) is 2.49. The highest BCUT2D eigenvalue weighted by Crippen LogP contribution is 2.28. The van der Waals surface area contributed by atoms with Crippen LogP contribution in [0.5, 0.6) is 5.75 Å². The van der Waals surface area contributed by atoms with Crippen LogP contribution < -0.4 is 15.8 Å². The summed E-state index contributed by atoms with van der Waals surface area (Å²) >= 11 is 0. The molecule has 1 aromatic heterocycles. The van der Waals surface area contributed by atoms with Crippen molar-refractivity contribution in [3.8, 4) is 5.75 Å². The van der Waals surface area contributed by atoms with E-state index >= 15 is 0 Å². The van der Waals surface area contributed by atoms with Crippen LogP contribution in [0.2, 0.25) is 0 Å². The Labute approximate surface area is 111 Å². The second-order valence-electron chi connectivity index (χ2n) is 4.20. The van der Waals surface area contributed by atoms with Gasteiger partial charge in [-0.1, -0.05) is 0 Å². The molecule has 0 radical (unpaired) electrons. The highest BCUT2D eigenvalue weighted by molar-refractivity contribution is 5.62. The summed E-state index contributed by atoms with van der Waals surface area (Å²) in [5, 5.41) is 7.11. The van der Waals surface area contributed by atoms with Gasteiger partial charge in [0.2, 0.25) is 0 Å². The van der Waals surface area contributed by atoms with Gasteiger partial charge >= 0.3 is 0 Å². The maximum atomic E-state index is 13.7. The molecule has 5 nitrogen and oxygen atoms in total. The highest BCUT2D eigenvalue weighted by atomic mass is 19.1. The van der Waals surface area contributed by atoms with E-state index in [0.717, 1.165) is 12.1 Å². The van der Waals surface area contributed by atoms with Crippen LogP contribution in [0.4, 0.5) is 15.8 Å². The summed E-state index contributed by atoms with van der Waals surface area (Å²) in [6.45, 7) is 0.601. The van der Waals surface area contributed by atoms with Crippen molar-refractivity contribution in [3.63, 3.8) is 0 Å². The molecule has 0 atom stereocenters. The van der Waals surface area contributed by atoms with Crippen LogP contribution in [0.25, 0.3) is 0 Å². The van der Waals surface area contributed by atoms with Gasteiger partial charge in [0.15, 0.2) is 0 Å². The summed E-state index contributed by atoms with van der Waals surface area (Å²) in [5.74, 6) is 0.0766. The third kappa shape index (κ3) is 2.96. The number of nitrogen functional groups attached to an aromatic ring is 1. The van der Waals surface area contributed by atoms with Crippen molar-refractivity contribution in [1.82, 2.24) is 9.78 Å². The van der Waals surface area contributed by atoms with Crippen molar-refractivity contribution in [2.45, 2.75) is 6.42 Å². The van der Waals surface area contributed by atoms with Crippen LogP contribution in [0.3, 0.4) is 0 Å². The number of nitrogens with two attached hydrogens (primary N) is 1. The van der Waals surface area contributed by atoms with Crippen molar-refractivity contribution in [1.29, 1.82) is 0 Å². The molecule has 2 rings (SSSR count). The van der Waals surface area contributed by atoms with Crippen LogP contribution >= 0.6 is 0 Å². The fourth-order valence-corrected chi connectivity index (χ4v) is 1.85. The highest BCUT2D eigenvalue weighted by Gasteiger charge is 2.08. The molecule has 0 aliphatic carbocycles. The van der Waals surface area contributed by atoms with Crippen molar-refractivity contribution in [3.05, 3.63) is 35.9 Å². The Bertz CT molecular complexity index is 568. The lowest BCUT2D eigenvalue weighted by atomic mass is 10.2. The predicted octanol–water partition coefficient (Wildman–Crippen LogP) is 1.80. The average Bonchev–Trinajstić information content (AvgIpc) is 2.78. The molecule has 102 valence electrons. The molecule has 0 spiro atoms. The van der Waals surface area contributed by atoms with E-state index in [1.54, 1.807) is 16.9 Å². The minimum absolute atomic E-state index is 0.289. The Morgan fingerprint density at radius 3 is 2.89 bits per heavy atom. The fraction of sp³-hybridized carbons (Fsp3) is 0.308. The van der Waals surface area contributed by atoms with E-state index in [1.807, 2.05) is 13.1 Å². The van der Waals surface area contributed by atoms with Gasteiger partial charge in [-0.3, -0.25) is 4.68 Å². The van der Waals surface area contributed by atoms with Crippen molar-refractivity contribution < 1.29 is 9.13 Å². The largest absolute Gasteiger partial charge is 0.495 e. The minimum Gasteiger partial charge on any atom is -0.495 e. The van der Waals surface area contributed by atoms with Gasteiger partial charge < -0.3 is 15.8 Å². The van der Waals surface area contributed by atoms with Gasteiger partial charge in [0, 0.05) is 44.0 Å². The van der Waals surface area contributed by atoms with E-state index in [2.05, 4.69) is 10.4 Å². The Kier molecular flexibility index (Phi) is 3.89. The molecule has 19 heavy (non-hydrogen) atoms. The van der Waals surface area contributed by atoms with E-state index in [-0.39, 0.29) is 11.5 Å². The summed E-state index contributed by atoms with van der Waals surface area (Å²) in [7, 11) is 3.38. The van der Waals surface area contributed by atoms with E-state index in [0.29, 0.717) is 18.0 Å². The minimum atomic E-state index is -0.386. The number of hydrogen-bond donors (Lipinski definition) is 2. The van der Waals surface area contributed by atoms with Crippen molar-refractivity contribution >= 4 is 11.4 Å². The normalized spacial score (nSPS) is 10.5. The summed E-state index contributed by atoms with van der Waals surface area (Å²) in [4.78, 5) is 0. The topological polar surface area (TPSA) is 65.1 Å². The Morgan fingerprint density at radius 2 is 2.26 bits per heavy atom. The first-order chi connectivity index (χ1) is 9.11. The lowest BCUT2D eigenvalue weighted by Gasteiger charge is -2.11. The molecule has 0 unspecified atom stereocenters. The van der Waals surface area contributed by atoms with Gasteiger partial charge in [0.1, 0.15) is 11.6 Å². The van der Waals surface area contributed by atoms with Crippen LogP contribution in [-0.2, 0) is 13.5 Å². The zero-order chi connectivity index (χ0) is 13.8. The number of halogens is 1. The molecule has 2 aromatic rings. The number of aromatic nitrogens is 2. The molecule has 0 aliphatic rings. The smallest absolute Gasteiger partial charge is 0.148 e. The molecule has 0 fully saturated rings. The van der Waals surface area contributed by atoms with Crippen molar-refractivity contribution in [2.75, 3.05) is 24.7 Å². The number of hydrogen-bond acceptors (Lipinski definition) is 4. The molecule has 1 heterocycles. The number of nitrogens with one attached hydrogen (secondary N) is 1. The molecule has 0 bridgehead atoms. The maximum Gasteiger partial charge on any atom is 0.148 e. The predicted molar refractivity (Wildman–Crippen MR) is 72.8 cm³/mol.